The van der Waals surface area contributed by atoms with E-state index in [0.717, 1.165) is 29.8 Å². The predicted molar refractivity (Wildman–Crippen MR) is 93.9 cm³/mol. The van der Waals surface area contributed by atoms with Crippen molar-refractivity contribution in [2.45, 2.75) is 40.0 Å². The van der Waals surface area contributed by atoms with Gasteiger partial charge in [-0.25, -0.2) is 0 Å². The number of anilines is 2. The second kappa shape index (κ2) is 8.27. The van der Waals surface area contributed by atoms with Crippen LogP contribution in [0, 0.1) is 13.8 Å². The molecule has 2 aromatic rings. The van der Waals surface area contributed by atoms with Crippen molar-refractivity contribution in [3.63, 3.8) is 0 Å². The molecule has 1 aromatic heterocycles. The van der Waals surface area contributed by atoms with Crippen LogP contribution in [0.2, 0.25) is 0 Å². The normalized spacial score (nSPS) is 10.4. The topological polar surface area (TPSA) is 66.9 Å². The van der Waals surface area contributed by atoms with Crippen LogP contribution in [0.1, 0.15) is 47.8 Å². The number of hydrogen-bond donors (Lipinski definition) is 2. The van der Waals surface area contributed by atoms with Crippen LogP contribution in [0.3, 0.4) is 0 Å². The van der Waals surface area contributed by atoms with Gasteiger partial charge >= 0.3 is 0 Å². The van der Waals surface area contributed by atoms with Crippen LogP contribution in [0.15, 0.2) is 30.3 Å². The molecule has 5 nitrogen and oxygen atoms in total. The second-order valence-electron chi connectivity index (χ2n) is 5.77. The molecular formula is C18H24N4O. The Hall–Kier alpha value is -2.43. The lowest BCUT2D eigenvalue weighted by molar-refractivity contribution is 0.102. The fraction of sp³-hybridized carbons (Fsp3) is 0.389. The number of aryl methyl sites for hydroxylation is 2. The van der Waals surface area contributed by atoms with Crippen LogP contribution in [-0.4, -0.2) is 22.6 Å². The average molecular weight is 312 g/mol. The van der Waals surface area contributed by atoms with Crippen LogP contribution < -0.4 is 10.6 Å². The minimum absolute atomic E-state index is 0.250. The lowest BCUT2D eigenvalue weighted by Gasteiger charge is -2.08. The highest BCUT2D eigenvalue weighted by atomic mass is 16.1. The molecule has 0 aliphatic heterocycles. The van der Waals surface area contributed by atoms with Gasteiger partial charge in [0, 0.05) is 12.2 Å². The van der Waals surface area contributed by atoms with Crippen molar-refractivity contribution < 1.29 is 4.79 Å². The number of carbonyl (C=O) groups excluding carboxylic acids is 1. The highest BCUT2D eigenvalue weighted by Crippen LogP contribution is 2.14. The summed E-state index contributed by atoms with van der Waals surface area (Å²) in [5.41, 5.74) is 3.30. The summed E-state index contributed by atoms with van der Waals surface area (Å²) >= 11 is 0. The van der Waals surface area contributed by atoms with Crippen molar-refractivity contribution in [2.75, 3.05) is 17.2 Å². The standard InChI is InChI=1S/C18H24N4O/c1-4-5-6-9-19-17-8-7-16(21-22-17)18(23)20-15-11-13(2)10-14(3)12-15/h7-8,10-12H,4-6,9H2,1-3H3,(H,19,22)(H,20,23). The van der Waals surface area contributed by atoms with Crippen molar-refractivity contribution in [1.82, 2.24) is 10.2 Å². The minimum atomic E-state index is -0.250. The number of aromatic nitrogens is 2. The molecule has 1 amide bonds. The Bertz CT molecular complexity index is 632. The lowest BCUT2D eigenvalue weighted by atomic mass is 10.1. The molecule has 0 radical (unpaired) electrons. The molecule has 0 unspecified atom stereocenters. The summed E-state index contributed by atoms with van der Waals surface area (Å²) in [7, 11) is 0. The van der Waals surface area contributed by atoms with Gasteiger partial charge in [-0.3, -0.25) is 4.79 Å². The Morgan fingerprint density at radius 1 is 1.04 bits per heavy atom. The van der Waals surface area contributed by atoms with E-state index in [1.165, 1.54) is 12.8 Å². The lowest BCUT2D eigenvalue weighted by Crippen LogP contribution is -2.15. The zero-order valence-electron chi connectivity index (χ0n) is 14.0. The summed E-state index contributed by atoms with van der Waals surface area (Å²) in [6.07, 6.45) is 3.48. The molecular weight excluding hydrogens is 288 g/mol. The van der Waals surface area contributed by atoms with Crippen molar-refractivity contribution in [2.24, 2.45) is 0 Å². The SMILES string of the molecule is CCCCCNc1ccc(C(=O)Nc2cc(C)cc(C)c2)nn1. The fourth-order valence-electron chi connectivity index (χ4n) is 2.38. The molecule has 0 saturated heterocycles. The van der Waals surface area contributed by atoms with Crippen LogP contribution >= 0.6 is 0 Å². The third-order valence-electron chi connectivity index (χ3n) is 3.46. The van der Waals surface area contributed by atoms with Crippen LogP contribution in [0.25, 0.3) is 0 Å². The number of unbranched alkanes of at least 4 members (excludes halogenated alkanes) is 2. The van der Waals surface area contributed by atoms with Gasteiger partial charge in [0.25, 0.3) is 5.91 Å². The van der Waals surface area contributed by atoms with E-state index in [1.54, 1.807) is 12.1 Å². The summed E-state index contributed by atoms with van der Waals surface area (Å²) in [6.45, 7) is 7.04. The van der Waals surface area contributed by atoms with Gasteiger partial charge in [0.1, 0.15) is 5.82 Å². The first kappa shape index (κ1) is 16.9. The molecule has 0 spiro atoms. The van der Waals surface area contributed by atoms with Gasteiger partial charge in [0.15, 0.2) is 5.69 Å². The maximum absolute atomic E-state index is 12.2. The van der Waals surface area contributed by atoms with Crippen molar-refractivity contribution in [3.05, 3.63) is 47.2 Å². The van der Waals surface area contributed by atoms with Crippen molar-refractivity contribution in [3.8, 4) is 0 Å². The van der Waals surface area contributed by atoms with Crippen molar-refractivity contribution in [1.29, 1.82) is 0 Å². The Labute approximate surface area is 137 Å². The third kappa shape index (κ3) is 5.36. The first-order chi connectivity index (χ1) is 11.1. The molecule has 1 heterocycles. The summed E-state index contributed by atoms with van der Waals surface area (Å²) < 4.78 is 0. The first-order valence-electron chi connectivity index (χ1n) is 8.05. The van der Waals surface area contributed by atoms with Gasteiger partial charge in [-0.1, -0.05) is 25.8 Å². The molecule has 0 aliphatic rings. The number of hydrogen-bond acceptors (Lipinski definition) is 4. The van der Waals surface area contributed by atoms with Crippen molar-refractivity contribution >= 4 is 17.4 Å². The Morgan fingerprint density at radius 3 is 2.39 bits per heavy atom. The number of rotatable bonds is 7. The van der Waals surface area contributed by atoms with E-state index in [-0.39, 0.29) is 5.91 Å². The van der Waals surface area contributed by atoms with Gasteiger partial charge in [-0.2, -0.15) is 0 Å². The summed E-state index contributed by atoms with van der Waals surface area (Å²) in [6, 6.07) is 9.40. The molecule has 23 heavy (non-hydrogen) atoms. The number of nitrogens with one attached hydrogen (secondary N) is 2. The highest BCUT2D eigenvalue weighted by Gasteiger charge is 2.09. The predicted octanol–water partition coefficient (Wildman–Crippen LogP) is 3.95. The molecule has 0 bridgehead atoms. The van der Waals surface area contributed by atoms with E-state index in [9.17, 15) is 4.79 Å². The number of amides is 1. The van der Waals surface area contributed by atoms with Crippen LogP contribution in [0.5, 0.6) is 0 Å². The van der Waals surface area contributed by atoms with Crippen LogP contribution in [0.4, 0.5) is 11.5 Å². The van der Waals surface area contributed by atoms with E-state index in [2.05, 4.69) is 33.8 Å². The van der Waals surface area contributed by atoms with Crippen LogP contribution in [-0.2, 0) is 0 Å². The monoisotopic (exact) mass is 312 g/mol. The molecule has 2 rings (SSSR count). The molecule has 0 saturated carbocycles. The fourth-order valence-corrected chi connectivity index (χ4v) is 2.38. The molecule has 5 heteroatoms. The zero-order valence-corrected chi connectivity index (χ0v) is 14.0. The highest BCUT2D eigenvalue weighted by molar-refractivity contribution is 6.02. The van der Waals surface area contributed by atoms with E-state index in [1.807, 2.05) is 26.0 Å². The van der Waals surface area contributed by atoms with Gasteiger partial charge < -0.3 is 10.6 Å². The number of nitrogens with zero attached hydrogens (tertiary/aromatic N) is 2. The largest absolute Gasteiger partial charge is 0.369 e. The minimum Gasteiger partial charge on any atom is -0.369 e. The van der Waals surface area contributed by atoms with E-state index in [0.29, 0.717) is 11.5 Å². The molecule has 0 atom stereocenters. The van der Waals surface area contributed by atoms with E-state index in [4.69, 9.17) is 0 Å². The maximum atomic E-state index is 12.2. The quantitative estimate of drug-likeness (QED) is 0.760. The molecule has 2 N–H and O–H groups in total. The number of carbonyl (C=O) groups is 1. The zero-order chi connectivity index (χ0) is 16.7. The molecule has 122 valence electrons. The van der Waals surface area contributed by atoms with Gasteiger partial charge in [0.2, 0.25) is 0 Å². The van der Waals surface area contributed by atoms with Gasteiger partial charge in [-0.05, 0) is 55.7 Å². The molecule has 1 aromatic carbocycles. The molecule has 0 fully saturated rings. The van der Waals surface area contributed by atoms with E-state index < -0.39 is 0 Å². The summed E-state index contributed by atoms with van der Waals surface area (Å²) in [5, 5.41) is 14.1. The number of benzene rings is 1. The molecule has 0 aliphatic carbocycles. The maximum Gasteiger partial charge on any atom is 0.276 e. The summed E-state index contributed by atoms with van der Waals surface area (Å²) in [5.74, 6) is 0.448. The Balaban J connectivity index is 1.94. The Morgan fingerprint density at radius 2 is 1.78 bits per heavy atom. The van der Waals surface area contributed by atoms with Gasteiger partial charge in [0.05, 0.1) is 0 Å². The third-order valence-corrected chi connectivity index (χ3v) is 3.46. The average Bonchev–Trinajstić information content (AvgIpc) is 2.51. The smallest absolute Gasteiger partial charge is 0.276 e. The first-order valence-corrected chi connectivity index (χ1v) is 8.05. The second-order valence-corrected chi connectivity index (χ2v) is 5.77. The van der Waals surface area contributed by atoms with Gasteiger partial charge in [-0.15, -0.1) is 10.2 Å². The Kier molecular flexibility index (Phi) is 6.09. The van der Waals surface area contributed by atoms with E-state index >= 15 is 0 Å². The summed E-state index contributed by atoms with van der Waals surface area (Å²) in [4.78, 5) is 12.2.